The third-order valence-electron chi connectivity index (χ3n) is 3.07. The first-order chi connectivity index (χ1) is 7.69. The monoisotopic (exact) mass is 240 g/mol. The van der Waals surface area contributed by atoms with Gasteiger partial charge in [-0.05, 0) is 47.6 Å². The zero-order valence-corrected chi connectivity index (χ0v) is 9.79. The van der Waals surface area contributed by atoms with Gasteiger partial charge < -0.3 is 9.47 Å². The van der Waals surface area contributed by atoms with Crippen molar-refractivity contribution in [1.29, 1.82) is 0 Å². The van der Waals surface area contributed by atoms with Crippen LogP contribution in [0.4, 0.5) is 0 Å². The van der Waals surface area contributed by atoms with Gasteiger partial charge in [-0.1, -0.05) is 13.0 Å². The summed E-state index contributed by atoms with van der Waals surface area (Å²) in [5.74, 6) is 2.01. The lowest BCUT2D eigenvalue weighted by Crippen LogP contribution is -1.98. The van der Waals surface area contributed by atoms with Crippen molar-refractivity contribution in [3.05, 3.63) is 23.8 Å². The van der Waals surface area contributed by atoms with Crippen LogP contribution < -0.4 is 9.47 Å². The van der Waals surface area contributed by atoms with Crippen LogP contribution in [0.1, 0.15) is 25.3 Å². The molecule has 1 aliphatic carbocycles. The topological polar surface area (TPSA) is 35.5 Å². The van der Waals surface area contributed by atoms with E-state index in [0.717, 1.165) is 11.5 Å². The molecule has 0 bridgehead atoms. The van der Waals surface area contributed by atoms with Crippen LogP contribution in [0.25, 0.3) is 0 Å². The zero-order valence-electron chi connectivity index (χ0n) is 9.03. The molecule has 1 heterocycles. The molecule has 4 heteroatoms. The number of benzene rings is 1. The molecule has 86 valence electrons. The van der Waals surface area contributed by atoms with Crippen molar-refractivity contribution in [2.24, 2.45) is 0 Å². The Hall–Kier alpha value is -1.22. The maximum absolute atomic E-state index is 8.57. The number of carbonyl (C=O) groups is 1. The van der Waals surface area contributed by atoms with Gasteiger partial charge in [0.15, 0.2) is 11.5 Å². The number of rotatable bonds is 1. The molecule has 2 aliphatic rings. The molecule has 1 saturated carbocycles. The van der Waals surface area contributed by atoms with Crippen LogP contribution in [0.2, 0.25) is 0 Å². The summed E-state index contributed by atoms with van der Waals surface area (Å²) in [4.78, 5) is 8.57. The molecule has 1 aliphatic heterocycles. The third kappa shape index (κ3) is 2.14. The van der Waals surface area contributed by atoms with E-state index in [2.05, 4.69) is 30.7 Å². The Kier molecular flexibility index (Phi) is 3.06. The maximum Gasteiger partial charge on any atom is 0.231 e. The maximum atomic E-state index is 8.57. The SMILES string of the molecule is CC1(c2ccc3c(c2)OCO3)CC1.O=CCl. The summed E-state index contributed by atoms with van der Waals surface area (Å²) in [6.45, 7) is 2.67. The van der Waals surface area contributed by atoms with Crippen LogP contribution in [-0.4, -0.2) is 12.5 Å². The average Bonchev–Trinajstić information content (AvgIpc) is 2.86. The van der Waals surface area contributed by atoms with Crippen molar-refractivity contribution in [2.75, 3.05) is 6.79 Å². The lowest BCUT2D eigenvalue weighted by Gasteiger charge is -2.08. The summed E-state index contributed by atoms with van der Waals surface area (Å²) in [5.41, 5.74) is 1.80. The molecular formula is C12H13ClO3. The Morgan fingerprint density at radius 1 is 1.31 bits per heavy atom. The second-order valence-electron chi connectivity index (χ2n) is 4.22. The van der Waals surface area contributed by atoms with E-state index >= 15 is 0 Å². The second-order valence-corrected chi connectivity index (χ2v) is 4.40. The highest BCUT2D eigenvalue weighted by Crippen LogP contribution is 2.49. The van der Waals surface area contributed by atoms with Gasteiger partial charge in [0.1, 0.15) is 0 Å². The van der Waals surface area contributed by atoms with Crippen molar-refractivity contribution in [3.8, 4) is 11.5 Å². The normalized spacial score (nSPS) is 18.4. The molecule has 3 rings (SSSR count). The first-order valence-electron chi connectivity index (χ1n) is 5.13. The minimum Gasteiger partial charge on any atom is -0.454 e. The van der Waals surface area contributed by atoms with Crippen molar-refractivity contribution in [3.63, 3.8) is 0 Å². The van der Waals surface area contributed by atoms with Crippen LogP contribution in [-0.2, 0) is 10.2 Å². The molecule has 0 saturated heterocycles. The van der Waals surface area contributed by atoms with Crippen molar-refractivity contribution in [2.45, 2.75) is 25.2 Å². The standard InChI is InChI=1S/C11H12O2.CHClO/c1-11(4-5-11)8-2-3-9-10(6-8)13-7-12-9;2-1-3/h2-3,6H,4-5,7H2,1H3;1H. The highest BCUT2D eigenvalue weighted by molar-refractivity contribution is 6.54. The summed E-state index contributed by atoms with van der Waals surface area (Å²) >= 11 is 4.32. The number of ether oxygens (including phenoxy) is 2. The molecular weight excluding hydrogens is 228 g/mol. The van der Waals surface area contributed by atoms with Crippen molar-refractivity contribution >= 4 is 17.3 Å². The van der Waals surface area contributed by atoms with Gasteiger partial charge in [0.25, 0.3) is 0 Å². The molecule has 0 radical (unpaired) electrons. The van der Waals surface area contributed by atoms with Gasteiger partial charge in [-0.2, -0.15) is 0 Å². The number of halogens is 1. The minimum atomic E-state index is 0.222. The zero-order chi connectivity index (χ0) is 11.6. The Labute approximate surface area is 99.3 Å². The van der Waals surface area contributed by atoms with Gasteiger partial charge in [0, 0.05) is 0 Å². The fourth-order valence-electron chi connectivity index (χ4n) is 1.75. The lowest BCUT2D eigenvalue weighted by molar-refractivity contribution is 0.174. The molecule has 16 heavy (non-hydrogen) atoms. The van der Waals surface area contributed by atoms with Crippen LogP contribution in [0.3, 0.4) is 0 Å². The Morgan fingerprint density at radius 3 is 2.56 bits per heavy atom. The van der Waals surface area contributed by atoms with Crippen molar-refractivity contribution < 1.29 is 14.3 Å². The van der Waals surface area contributed by atoms with E-state index in [1.807, 2.05) is 6.07 Å². The smallest absolute Gasteiger partial charge is 0.231 e. The molecule has 0 spiro atoms. The number of fused-ring (bicyclic) bond motifs is 1. The van der Waals surface area contributed by atoms with Crippen LogP contribution in [0.15, 0.2) is 18.2 Å². The largest absolute Gasteiger partial charge is 0.454 e. The number of hydrogen-bond donors (Lipinski definition) is 0. The van der Waals surface area contributed by atoms with Gasteiger partial charge in [0.2, 0.25) is 12.5 Å². The van der Waals surface area contributed by atoms with E-state index in [0.29, 0.717) is 12.2 Å². The van der Waals surface area contributed by atoms with E-state index < -0.39 is 0 Å². The molecule has 1 fully saturated rings. The third-order valence-corrected chi connectivity index (χ3v) is 3.07. The summed E-state index contributed by atoms with van der Waals surface area (Å²) < 4.78 is 10.6. The summed E-state index contributed by atoms with van der Waals surface area (Å²) in [5, 5.41) is 0. The number of carbonyl (C=O) groups excluding carboxylic acids is 1. The Balaban J connectivity index is 0.000000292. The first-order valence-corrected chi connectivity index (χ1v) is 5.57. The van der Waals surface area contributed by atoms with Gasteiger partial charge >= 0.3 is 0 Å². The Morgan fingerprint density at radius 2 is 1.94 bits per heavy atom. The minimum absolute atomic E-state index is 0.222. The van der Waals surface area contributed by atoms with E-state index in [1.54, 1.807) is 0 Å². The molecule has 0 amide bonds. The summed E-state index contributed by atoms with van der Waals surface area (Å²) in [7, 11) is 0. The first kappa shape index (κ1) is 11.3. The predicted molar refractivity (Wildman–Crippen MR) is 61.8 cm³/mol. The van der Waals surface area contributed by atoms with Crippen LogP contribution in [0.5, 0.6) is 11.5 Å². The molecule has 1 aromatic carbocycles. The van der Waals surface area contributed by atoms with E-state index in [9.17, 15) is 0 Å². The quantitative estimate of drug-likeness (QED) is 0.559. The highest BCUT2D eigenvalue weighted by atomic mass is 35.5. The molecule has 0 atom stereocenters. The fourth-order valence-corrected chi connectivity index (χ4v) is 1.75. The van der Waals surface area contributed by atoms with E-state index in [1.165, 1.54) is 18.4 Å². The van der Waals surface area contributed by atoms with E-state index in [-0.39, 0.29) is 5.75 Å². The van der Waals surface area contributed by atoms with Gasteiger partial charge in [0.05, 0.1) is 0 Å². The van der Waals surface area contributed by atoms with Gasteiger partial charge in [-0.15, -0.1) is 0 Å². The summed E-state index contributed by atoms with van der Waals surface area (Å²) in [6.07, 6.45) is 2.60. The molecule has 1 aromatic rings. The Bertz CT molecular complexity index is 399. The van der Waals surface area contributed by atoms with Crippen molar-refractivity contribution in [1.82, 2.24) is 0 Å². The summed E-state index contributed by atoms with van der Waals surface area (Å²) in [6, 6.07) is 6.29. The predicted octanol–water partition coefficient (Wildman–Crippen LogP) is 2.88. The van der Waals surface area contributed by atoms with Crippen LogP contribution >= 0.6 is 11.6 Å². The van der Waals surface area contributed by atoms with E-state index in [4.69, 9.17) is 14.3 Å². The number of hydrogen-bond acceptors (Lipinski definition) is 3. The molecule has 0 N–H and O–H groups in total. The molecule has 3 nitrogen and oxygen atoms in total. The van der Waals surface area contributed by atoms with Gasteiger partial charge in [-0.25, -0.2) is 0 Å². The highest BCUT2D eigenvalue weighted by Gasteiger charge is 2.39. The lowest BCUT2D eigenvalue weighted by atomic mass is 9.98. The van der Waals surface area contributed by atoms with Gasteiger partial charge in [-0.3, -0.25) is 4.79 Å². The van der Waals surface area contributed by atoms with Crippen LogP contribution in [0, 0.1) is 0 Å². The molecule has 0 aromatic heterocycles. The fraction of sp³-hybridized carbons (Fsp3) is 0.417. The second kappa shape index (κ2) is 4.34. The average molecular weight is 241 g/mol. The molecule has 0 unspecified atom stereocenters.